The SMILES string of the molecule is Cc1ccccc1[C@@H]1CN(C(=O)CCc2cnn(C)c2)C[C@H]1C(=O)O. The standard InChI is InChI=1S/C19H23N3O3/c1-13-5-3-4-6-15(13)16-11-22(12-17(16)19(24)25)18(23)8-7-14-9-20-21(2)10-14/h3-6,9-10,16-17H,7-8,11-12H2,1-2H3,(H,24,25)/t16-,17+/m0/s1. The molecule has 0 unspecified atom stereocenters. The molecule has 6 heteroatoms. The lowest BCUT2D eigenvalue weighted by Crippen LogP contribution is -2.30. The Balaban J connectivity index is 1.70. The number of carboxylic acids is 1. The highest BCUT2D eigenvalue weighted by Gasteiger charge is 2.40. The number of aryl methyl sites for hydroxylation is 3. The van der Waals surface area contributed by atoms with Gasteiger partial charge in [0.25, 0.3) is 0 Å². The van der Waals surface area contributed by atoms with Gasteiger partial charge in [-0.1, -0.05) is 24.3 Å². The van der Waals surface area contributed by atoms with Crippen LogP contribution in [-0.2, 0) is 23.1 Å². The van der Waals surface area contributed by atoms with Gasteiger partial charge in [0.05, 0.1) is 12.1 Å². The van der Waals surface area contributed by atoms with Crippen molar-refractivity contribution in [3.8, 4) is 0 Å². The number of aliphatic carboxylic acids is 1. The monoisotopic (exact) mass is 341 g/mol. The van der Waals surface area contributed by atoms with Crippen molar-refractivity contribution in [2.24, 2.45) is 13.0 Å². The minimum atomic E-state index is -0.837. The van der Waals surface area contributed by atoms with Gasteiger partial charge < -0.3 is 10.0 Å². The first kappa shape index (κ1) is 17.2. The molecule has 1 N–H and O–H groups in total. The second-order valence-corrected chi connectivity index (χ2v) is 6.73. The van der Waals surface area contributed by atoms with Crippen molar-refractivity contribution < 1.29 is 14.7 Å². The van der Waals surface area contributed by atoms with E-state index in [1.165, 1.54) is 0 Å². The summed E-state index contributed by atoms with van der Waals surface area (Å²) < 4.78 is 1.71. The maximum Gasteiger partial charge on any atom is 0.308 e. The van der Waals surface area contributed by atoms with Crippen molar-refractivity contribution in [3.63, 3.8) is 0 Å². The lowest BCUT2D eigenvalue weighted by atomic mass is 9.86. The second kappa shape index (κ2) is 7.09. The largest absolute Gasteiger partial charge is 0.481 e. The van der Waals surface area contributed by atoms with Gasteiger partial charge >= 0.3 is 5.97 Å². The van der Waals surface area contributed by atoms with E-state index >= 15 is 0 Å². The zero-order valence-electron chi connectivity index (χ0n) is 14.6. The number of nitrogens with zero attached hydrogens (tertiary/aromatic N) is 3. The van der Waals surface area contributed by atoms with Gasteiger partial charge in [-0.05, 0) is 30.0 Å². The summed E-state index contributed by atoms with van der Waals surface area (Å²) in [5.41, 5.74) is 3.11. The molecular weight excluding hydrogens is 318 g/mol. The maximum absolute atomic E-state index is 12.6. The Bertz CT molecular complexity index is 784. The zero-order valence-corrected chi connectivity index (χ0v) is 14.6. The van der Waals surface area contributed by atoms with Crippen LogP contribution in [0.1, 0.15) is 29.0 Å². The van der Waals surface area contributed by atoms with Gasteiger partial charge in [0.15, 0.2) is 0 Å². The fourth-order valence-corrected chi connectivity index (χ4v) is 3.59. The highest BCUT2D eigenvalue weighted by atomic mass is 16.4. The predicted octanol–water partition coefficient (Wildman–Crippen LogP) is 1.99. The summed E-state index contributed by atoms with van der Waals surface area (Å²) in [6, 6.07) is 7.83. The third-order valence-electron chi connectivity index (χ3n) is 4.96. The number of hydrogen-bond acceptors (Lipinski definition) is 3. The fraction of sp³-hybridized carbons (Fsp3) is 0.421. The summed E-state index contributed by atoms with van der Waals surface area (Å²) in [5, 5.41) is 13.7. The predicted molar refractivity (Wildman–Crippen MR) is 93.2 cm³/mol. The average Bonchev–Trinajstić information content (AvgIpc) is 3.19. The summed E-state index contributed by atoms with van der Waals surface area (Å²) in [5.74, 6) is -1.54. The Morgan fingerprint density at radius 3 is 2.68 bits per heavy atom. The van der Waals surface area contributed by atoms with Crippen LogP contribution in [0.3, 0.4) is 0 Å². The molecule has 2 aromatic rings. The number of hydrogen-bond donors (Lipinski definition) is 1. The number of carbonyl (C=O) groups is 2. The number of carbonyl (C=O) groups excluding carboxylic acids is 1. The van der Waals surface area contributed by atoms with E-state index in [1.807, 2.05) is 44.4 Å². The molecule has 1 aliphatic rings. The molecule has 2 atom stereocenters. The molecule has 0 bridgehead atoms. The molecule has 1 aromatic heterocycles. The van der Waals surface area contributed by atoms with Crippen LogP contribution >= 0.6 is 0 Å². The number of aromatic nitrogens is 2. The van der Waals surface area contributed by atoms with Crippen molar-refractivity contribution in [1.29, 1.82) is 0 Å². The van der Waals surface area contributed by atoms with E-state index in [1.54, 1.807) is 15.8 Å². The van der Waals surface area contributed by atoms with E-state index in [-0.39, 0.29) is 18.4 Å². The average molecular weight is 341 g/mol. The summed E-state index contributed by atoms with van der Waals surface area (Å²) >= 11 is 0. The van der Waals surface area contributed by atoms with E-state index in [4.69, 9.17) is 0 Å². The summed E-state index contributed by atoms with van der Waals surface area (Å²) in [4.78, 5) is 26.0. The first-order valence-corrected chi connectivity index (χ1v) is 8.49. The second-order valence-electron chi connectivity index (χ2n) is 6.73. The minimum absolute atomic E-state index is 0.00573. The van der Waals surface area contributed by atoms with Crippen LogP contribution in [0.4, 0.5) is 0 Å². The van der Waals surface area contributed by atoms with Gasteiger partial charge in [-0.15, -0.1) is 0 Å². The number of likely N-dealkylation sites (tertiary alicyclic amines) is 1. The molecule has 0 radical (unpaired) electrons. The zero-order chi connectivity index (χ0) is 18.0. The normalized spacial score (nSPS) is 20.0. The Labute approximate surface area is 147 Å². The van der Waals surface area contributed by atoms with Gasteiger partial charge in [-0.3, -0.25) is 14.3 Å². The number of amides is 1. The quantitative estimate of drug-likeness (QED) is 0.902. The third kappa shape index (κ3) is 3.73. The molecule has 6 nitrogen and oxygen atoms in total. The molecule has 1 amide bonds. The van der Waals surface area contributed by atoms with E-state index < -0.39 is 11.9 Å². The molecule has 0 spiro atoms. The molecule has 3 rings (SSSR count). The molecule has 1 aromatic carbocycles. The maximum atomic E-state index is 12.6. The van der Waals surface area contributed by atoms with E-state index in [0.717, 1.165) is 16.7 Å². The van der Waals surface area contributed by atoms with Crippen LogP contribution in [0.25, 0.3) is 0 Å². The molecule has 132 valence electrons. The summed E-state index contributed by atoms with van der Waals surface area (Å²) in [6.45, 7) is 2.73. The summed E-state index contributed by atoms with van der Waals surface area (Å²) in [7, 11) is 1.84. The molecule has 2 heterocycles. The fourth-order valence-electron chi connectivity index (χ4n) is 3.59. The van der Waals surface area contributed by atoms with Crippen LogP contribution in [0.15, 0.2) is 36.7 Å². The van der Waals surface area contributed by atoms with E-state index in [9.17, 15) is 14.7 Å². The van der Waals surface area contributed by atoms with Gasteiger partial charge in [-0.25, -0.2) is 0 Å². The van der Waals surface area contributed by atoms with Crippen LogP contribution in [0.5, 0.6) is 0 Å². The van der Waals surface area contributed by atoms with Crippen molar-refractivity contribution in [2.45, 2.75) is 25.7 Å². The summed E-state index contributed by atoms with van der Waals surface area (Å²) in [6.07, 6.45) is 4.65. The Kier molecular flexibility index (Phi) is 4.88. The van der Waals surface area contributed by atoms with Crippen molar-refractivity contribution in [3.05, 3.63) is 53.3 Å². The Morgan fingerprint density at radius 2 is 2.04 bits per heavy atom. The van der Waals surface area contributed by atoms with E-state index in [0.29, 0.717) is 19.4 Å². The van der Waals surface area contributed by atoms with Crippen LogP contribution < -0.4 is 0 Å². The van der Waals surface area contributed by atoms with Crippen LogP contribution in [0.2, 0.25) is 0 Å². The molecule has 25 heavy (non-hydrogen) atoms. The lowest BCUT2D eigenvalue weighted by molar-refractivity contribution is -0.141. The Hall–Kier alpha value is -2.63. The van der Waals surface area contributed by atoms with Gasteiger partial charge in [-0.2, -0.15) is 5.10 Å². The van der Waals surface area contributed by atoms with Crippen molar-refractivity contribution in [1.82, 2.24) is 14.7 Å². The first-order chi connectivity index (χ1) is 12.0. The highest BCUT2D eigenvalue weighted by Crippen LogP contribution is 2.34. The topological polar surface area (TPSA) is 75.4 Å². The van der Waals surface area contributed by atoms with E-state index in [2.05, 4.69) is 5.10 Å². The lowest BCUT2D eigenvalue weighted by Gasteiger charge is -2.18. The van der Waals surface area contributed by atoms with Crippen molar-refractivity contribution >= 4 is 11.9 Å². The molecule has 0 saturated carbocycles. The highest BCUT2D eigenvalue weighted by molar-refractivity contribution is 5.80. The number of benzene rings is 1. The first-order valence-electron chi connectivity index (χ1n) is 8.49. The minimum Gasteiger partial charge on any atom is -0.481 e. The molecular formula is C19H23N3O3. The smallest absolute Gasteiger partial charge is 0.308 e. The third-order valence-corrected chi connectivity index (χ3v) is 4.96. The van der Waals surface area contributed by atoms with Gasteiger partial charge in [0, 0.05) is 38.7 Å². The van der Waals surface area contributed by atoms with Gasteiger partial charge in [0.2, 0.25) is 5.91 Å². The molecule has 0 aliphatic carbocycles. The molecule has 1 aliphatic heterocycles. The molecule has 1 fully saturated rings. The van der Waals surface area contributed by atoms with Crippen LogP contribution in [0, 0.1) is 12.8 Å². The Morgan fingerprint density at radius 1 is 1.28 bits per heavy atom. The van der Waals surface area contributed by atoms with Crippen molar-refractivity contribution in [2.75, 3.05) is 13.1 Å². The number of carboxylic acid groups (broad SMARTS) is 1. The van der Waals surface area contributed by atoms with Gasteiger partial charge in [0.1, 0.15) is 0 Å². The number of rotatable bonds is 5. The van der Waals surface area contributed by atoms with Crippen LogP contribution in [-0.4, -0.2) is 44.8 Å². The molecule has 1 saturated heterocycles.